The molecule has 0 atom stereocenters. The number of hydrogen-bond donors (Lipinski definition) is 2. The Morgan fingerprint density at radius 2 is 1.63 bits per heavy atom. The summed E-state index contributed by atoms with van der Waals surface area (Å²) in [7, 11) is 0. The topological polar surface area (TPSA) is 114 Å². The first kappa shape index (κ1) is 24.9. The highest BCUT2D eigenvalue weighted by atomic mass is 16.5. The fraction of sp³-hybridized carbons (Fsp3) is 0.143. The Balaban J connectivity index is 1.45. The molecule has 0 unspecified atom stereocenters. The Morgan fingerprint density at radius 1 is 0.914 bits per heavy atom. The van der Waals surface area contributed by atoms with Crippen LogP contribution in [0.3, 0.4) is 0 Å². The van der Waals surface area contributed by atoms with Gasteiger partial charge in [-0.25, -0.2) is 9.59 Å². The molecule has 3 aromatic carbocycles. The van der Waals surface area contributed by atoms with Gasteiger partial charge in [-0.1, -0.05) is 18.2 Å². The van der Waals surface area contributed by atoms with Crippen molar-refractivity contribution >= 4 is 29.4 Å². The van der Waals surface area contributed by atoms with Crippen molar-refractivity contribution in [3.05, 3.63) is 89.5 Å². The van der Waals surface area contributed by atoms with Gasteiger partial charge < -0.3 is 25.7 Å². The molecule has 0 fully saturated rings. The van der Waals surface area contributed by atoms with Crippen LogP contribution in [0.5, 0.6) is 11.5 Å². The molecular weight excluding hydrogens is 444 g/mol. The molecule has 0 saturated heterocycles. The number of terminal acetylenes is 1. The molecule has 0 aliphatic heterocycles. The average Bonchev–Trinajstić information content (AvgIpc) is 2.85. The second-order valence-electron chi connectivity index (χ2n) is 7.49. The van der Waals surface area contributed by atoms with Crippen LogP contribution < -0.4 is 20.9 Å². The van der Waals surface area contributed by atoms with Crippen LogP contribution in [-0.4, -0.2) is 25.2 Å². The number of hydrogen-bond acceptors (Lipinski definition) is 7. The van der Waals surface area contributed by atoms with E-state index in [-0.39, 0.29) is 6.61 Å². The van der Waals surface area contributed by atoms with E-state index in [1.807, 2.05) is 6.07 Å². The molecule has 3 rings (SSSR count). The van der Waals surface area contributed by atoms with E-state index in [9.17, 15) is 9.59 Å². The molecule has 0 saturated carbocycles. The van der Waals surface area contributed by atoms with Gasteiger partial charge in [-0.2, -0.15) is 0 Å². The maximum atomic E-state index is 12.3. The molecule has 35 heavy (non-hydrogen) atoms. The number of ether oxygens (including phenoxy) is 3. The monoisotopic (exact) mass is 470 g/mol. The number of carbonyl (C=O) groups excluding carboxylic acids is 2. The van der Waals surface area contributed by atoms with Crippen LogP contribution in [0.2, 0.25) is 0 Å². The van der Waals surface area contributed by atoms with Crippen LogP contribution in [0, 0.1) is 12.3 Å². The van der Waals surface area contributed by atoms with Crippen molar-refractivity contribution in [3.63, 3.8) is 0 Å². The number of rotatable bonds is 10. The molecule has 0 aromatic heterocycles. The second-order valence-corrected chi connectivity index (χ2v) is 7.49. The van der Waals surface area contributed by atoms with Gasteiger partial charge in [-0.3, -0.25) is 0 Å². The summed E-state index contributed by atoms with van der Waals surface area (Å²) >= 11 is 0. The molecule has 0 aliphatic carbocycles. The van der Waals surface area contributed by atoms with Crippen LogP contribution in [0.1, 0.15) is 27.9 Å². The third kappa shape index (κ3) is 7.98. The van der Waals surface area contributed by atoms with Crippen molar-refractivity contribution in [3.8, 4) is 23.8 Å². The number of carbonyl (C=O) groups is 2. The summed E-state index contributed by atoms with van der Waals surface area (Å²) in [6.07, 6.45) is 9.14. The normalized spacial score (nSPS) is 10.5. The molecule has 0 bridgehead atoms. The number of nitrogen functional groups attached to an aromatic ring is 2. The molecule has 3 aromatic rings. The Hall–Kier alpha value is -4.70. The quantitative estimate of drug-likeness (QED) is 0.114. The first-order valence-electron chi connectivity index (χ1n) is 10.9. The van der Waals surface area contributed by atoms with Crippen molar-refractivity contribution in [2.24, 2.45) is 0 Å². The van der Waals surface area contributed by atoms with E-state index >= 15 is 0 Å². The van der Waals surface area contributed by atoms with E-state index in [0.29, 0.717) is 47.9 Å². The van der Waals surface area contributed by atoms with Crippen molar-refractivity contribution in [1.29, 1.82) is 0 Å². The number of anilines is 2. The van der Waals surface area contributed by atoms with Gasteiger partial charge in [0.1, 0.15) is 11.5 Å². The summed E-state index contributed by atoms with van der Waals surface area (Å²) in [6.45, 7) is 0.613. The highest BCUT2D eigenvalue weighted by Crippen LogP contribution is 2.18. The maximum Gasteiger partial charge on any atom is 0.343 e. The minimum Gasteiger partial charge on any atom is -0.493 e. The van der Waals surface area contributed by atoms with Gasteiger partial charge in [-0.05, 0) is 65.7 Å². The molecule has 0 radical (unpaired) electrons. The summed E-state index contributed by atoms with van der Waals surface area (Å²) < 4.78 is 16.1. The van der Waals surface area contributed by atoms with Crippen molar-refractivity contribution in [1.82, 2.24) is 0 Å². The first-order valence-corrected chi connectivity index (χ1v) is 10.9. The highest BCUT2D eigenvalue weighted by molar-refractivity contribution is 5.91. The standard InChI is InChI=1S/C28H26N2O5/c1-2-3-17-33-24-13-8-22(9-14-24)28(32)35-25-11-4-20(5-12-25)6-15-27(31)34-18-16-21-7-10-23(29)19-26(21)30/h1,4-15,19H,3,16-18,29-30H2/b15-6+. The highest BCUT2D eigenvalue weighted by Gasteiger charge is 2.09. The third-order valence-electron chi connectivity index (χ3n) is 4.89. The van der Waals surface area contributed by atoms with Gasteiger partial charge in [0.15, 0.2) is 0 Å². The zero-order valence-electron chi connectivity index (χ0n) is 19.1. The minimum atomic E-state index is -0.492. The van der Waals surface area contributed by atoms with E-state index in [2.05, 4.69) is 5.92 Å². The fourth-order valence-electron chi connectivity index (χ4n) is 3.04. The van der Waals surface area contributed by atoms with Gasteiger partial charge in [0.2, 0.25) is 0 Å². The lowest BCUT2D eigenvalue weighted by molar-refractivity contribution is -0.137. The summed E-state index contributed by atoms with van der Waals surface area (Å²) in [4.78, 5) is 24.3. The van der Waals surface area contributed by atoms with Gasteiger partial charge in [0, 0.05) is 30.3 Å². The fourth-order valence-corrected chi connectivity index (χ4v) is 3.04. The SMILES string of the molecule is C#CCCOc1ccc(C(=O)Oc2ccc(/C=C/C(=O)OCCc3ccc(N)cc3N)cc2)cc1. The molecule has 178 valence electrons. The van der Waals surface area contributed by atoms with Gasteiger partial charge in [0.25, 0.3) is 0 Å². The Kier molecular flexibility index (Phi) is 8.92. The molecular formula is C28H26N2O5. The summed E-state index contributed by atoms with van der Waals surface area (Å²) in [5, 5.41) is 0. The molecule has 0 aliphatic rings. The van der Waals surface area contributed by atoms with Gasteiger partial charge in [0.05, 0.1) is 18.8 Å². The number of benzene rings is 3. The van der Waals surface area contributed by atoms with E-state index in [1.165, 1.54) is 6.08 Å². The van der Waals surface area contributed by atoms with Crippen LogP contribution in [-0.2, 0) is 16.0 Å². The Bertz CT molecular complexity index is 1230. The lowest BCUT2D eigenvalue weighted by atomic mass is 10.1. The van der Waals surface area contributed by atoms with Crippen molar-refractivity contribution in [2.45, 2.75) is 12.8 Å². The zero-order chi connectivity index (χ0) is 25.0. The van der Waals surface area contributed by atoms with Crippen LogP contribution >= 0.6 is 0 Å². The minimum absolute atomic E-state index is 0.199. The second kappa shape index (κ2) is 12.5. The van der Waals surface area contributed by atoms with Crippen molar-refractivity contribution in [2.75, 3.05) is 24.7 Å². The smallest absolute Gasteiger partial charge is 0.343 e. The predicted octanol–water partition coefficient (Wildman–Crippen LogP) is 4.27. The number of nitrogens with two attached hydrogens (primary N) is 2. The van der Waals surface area contributed by atoms with E-state index < -0.39 is 11.9 Å². The summed E-state index contributed by atoms with van der Waals surface area (Å²) in [5.74, 6) is 2.54. The predicted molar refractivity (Wildman–Crippen MR) is 136 cm³/mol. The molecule has 0 heterocycles. The van der Waals surface area contributed by atoms with Crippen molar-refractivity contribution < 1.29 is 23.8 Å². The molecule has 7 nitrogen and oxygen atoms in total. The van der Waals surface area contributed by atoms with Gasteiger partial charge >= 0.3 is 11.9 Å². The van der Waals surface area contributed by atoms with E-state index in [0.717, 1.165) is 11.1 Å². The molecule has 0 spiro atoms. The summed E-state index contributed by atoms with van der Waals surface area (Å²) in [5.41, 5.74) is 14.7. The van der Waals surface area contributed by atoms with E-state index in [4.69, 9.17) is 32.1 Å². The largest absolute Gasteiger partial charge is 0.493 e. The lowest BCUT2D eigenvalue weighted by Crippen LogP contribution is -2.08. The Labute approximate surface area is 204 Å². The molecule has 4 N–H and O–H groups in total. The lowest BCUT2D eigenvalue weighted by Gasteiger charge is -2.07. The summed E-state index contributed by atoms with van der Waals surface area (Å²) in [6, 6.07) is 18.6. The molecule has 7 heteroatoms. The van der Waals surface area contributed by atoms with Crippen LogP contribution in [0.25, 0.3) is 6.08 Å². The molecule has 0 amide bonds. The van der Waals surface area contributed by atoms with Crippen LogP contribution in [0.4, 0.5) is 11.4 Å². The Morgan fingerprint density at radius 3 is 2.31 bits per heavy atom. The van der Waals surface area contributed by atoms with Crippen LogP contribution in [0.15, 0.2) is 72.8 Å². The third-order valence-corrected chi connectivity index (χ3v) is 4.89. The first-order chi connectivity index (χ1) is 16.9. The average molecular weight is 471 g/mol. The maximum absolute atomic E-state index is 12.3. The van der Waals surface area contributed by atoms with E-state index in [1.54, 1.807) is 66.7 Å². The van der Waals surface area contributed by atoms with Gasteiger partial charge in [-0.15, -0.1) is 12.3 Å². The zero-order valence-corrected chi connectivity index (χ0v) is 19.1. The number of esters is 2.